The lowest BCUT2D eigenvalue weighted by atomic mass is 10.1. The van der Waals surface area contributed by atoms with Crippen molar-refractivity contribution < 1.29 is 9.59 Å². The van der Waals surface area contributed by atoms with E-state index in [1.54, 1.807) is 18.2 Å². The Kier molecular flexibility index (Phi) is 4.00. The Bertz CT molecular complexity index is 735. The number of pyridine rings is 1. The molecule has 0 radical (unpaired) electrons. The van der Waals surface area contributed by atoms with E-state index in [1.165, 1.54) is 4.90 Å². The molecule has 0 saturated heterocycles. The van der Waals surface area contributed by atoms with Crippen LogP contribution in [0.25, 0.3) is 10.9 Å². The molecule has 0 unspecified atom stereocenters. The molecule has 1 aromatic carbocycles. The molecule has 0 aliphatic carbocycles. The summed E-state index contributed by atoms with van der Waals surface area (Å²) in [6.07, 6.45) is 0. The standard InChI is InChI=1S/C14H13N5O2/c15-6-10-5-9-3-1-2-4-11(9)18-14(10)19(7-12(16)20)8-13(17)21/h1-5H,7-8H2,(H2,16,20)(H2,17,21). The Balaban J connectivity index is 2.57. The monoisotopic (exact) mass is 283 g/mol. The third-order valence-corrected chi connectivity index (χ3v) is 2.82. The number of fused-ring (bicyclic) bond motifs is 1. The smallest absolute Gasteiger partial charge is 0.237 e. The van der Waals surface area contributed by atoms with Gasteiger partial charge in [-0.15, -0.1) is 0 Å². The number of hydrogen-bond acceptors (Lipinski definition) is 5. The van der Waals surface area contributed by atoms with Crippen LogP contribution in [0, 0.1) is 11.3 Å². The number of amides is 2. The number of anilines is 1. The fraction of sp³-hybridized carbons (Fsp3) is 0.143. The van der Waals surface area contributed by atoms with Gasteiger partial charge in [-0.3, -0.25) is 9.59 Å². The van der Waals surface area contributed by atoms with Crippen molar-refractivity contribution in [3.8, 4) is 6.07 Å². The molecular formula is C14H13N5O2. The second-order valence-corrected chi connectivity index (χ2v) is 4.45. The van der Waals surface area contributed by atoms with Gasteiger partial charge in [0, 0.05) is 5.39 Å². The van der Waals surface area contributed by atoms with Crippen LogP contribution in [0.5, 0.6) is 0 Å². The molecule has 2 aromatic rings. The highest BCUT2D eigenvalue weighted by molar-refractivity contribution is 5.88. The average Bonchev–Trinajstić information content (AvgIpc) is 2.44. The van der Waals surface area contributed by atoms with Gasteiger partial charge in [0.1, 0.15) is 11.9 Å². The van der Waals surface area contributed by atoms with Crippen molar-refractivity contribution in [1.82, 2.24) is 4.98 Å². The van der Waals surface area contributed by atoms with Crippen molar-refractivity contribution in [3.63, 3.8) is 0 Å². The predicted octanol–water partition coefficient (Wildman–Crippen LogP) is -0.117. The fourth-order valence-corrected chi connectivity index (χ4v) is 2.01. The fourth-order valence-electron chi connectivity index (χ4n) is 2.01. The quantitative estimate of drug-likeness (QED) is 0.791. The molecule has 2 rings (SSSR count). The van der Waals surface area contributed by atoms with Gasteiger partial charge >= 0.3 is 0 Å². The van der Waals surface area contributed by atoms with Crippen LogP contribution in [0.1, 0.15) is 5.56 Å². The first kappa shape index (κ1) is 14.3. The Morgan fingerprint density at radius 3 is 2.38 bits per heavy atom. The van der Waals surface area contributed by atoms with E-state index in [9.17, 15) is 14.9 Å². The molecule has 0 aliphatic rings. The summed E-state index contributed by atoms with van der Waals surface area (Å²) in [6.45, 7) is -0.494. The second-order valence-electron chi connectivity index (χ2n) is 4.45. The van der Waals surface area contributed by atoms with Crippen molar-refractivity contribution in [2.45, 2.75) is 0 Å². The highest BCUT2D eigenvalue weighted by Crippen LogP contribution is 2.22. The number of aromatic nitrogens is 1. The molecule has 0 fully saturated rings. The van der Waals surface area contributed by atoms with Crippen LogP contribution in [0.3, 0.4) is 0 Å². The second kappa shape index (κ2) is 5.88. The van der Waals surface area contributed by atoms with Gasteiger partial charge in [0.2, 0.25) is 11.8 Å². The lowest BCUT2D eigenvalue weighted by molar-refractivity contribution is -0.117. The number of nitrogens with zero attached hydrogens (tertiary/aromatic N) is 3. The van der Waals surface area contributed by atoms with E-state index in [-0.39, 0.29) is 24.5 Å². The molecule has 2 amide bonds. The third kappa shape index (κ3) is 3.25. The van der Waals surface area contributed by atoms with E-state index in [1.807, 2.05) is 18.2 Å². The SMILES string of the molecule is N#Cc1cc2ccccc2nc1N(CC(N)=O)CC(N)=O. The zero-order chi connectivity index (χ0) is 15.4. The van der Waals surface area contributed by atoms with Crippen LogP contribution in [0.4, 0.5) is 5.82 Å². The number of primary amides is 2. The van der Waals surface area contributed by atoms with Gasteiger partial charge in [0.25, 0.3) is 0 Å². The maximum atomic E-state index is 11.1. The molecule has 106 valence electrons. The molecule has 0 atom stereocenters. The van der Waals surface area contributed by atoms with E-state index < -0.39 is 11.8 Å². The maximum Gasteiger partial charge on any atom is 0.237 e. The zero-order valence-electron chi connectivity index (χ0n) is 11.1. The first-order valence-electron chi connectivity index (χ1n) is 6.12. The first-order chi connectivity index (χ1) is 10.0. The molecule has 0 spiro atoms. The van der Waals surface area contributed by atoms with E-state index in [0.29, 0.717) is 5.52 Å². The van der Waals surface area contributed by atoms with E-state index >= 15 is 0 Å². The van der Waals surface area contributed by atoms with Gasteiger partial charge in [-0.05, 0) is 12.1 Å². The molecule has 0 saturated carbocycles. The summed E-state index contributed by atoms with van der Waals surface area (Å²) in [5.74, 6) is -1.07. The molecule has 1 aromatic heterocycles. The summed E-state index contributed by atoms with van der Waals surface area (Å²) in [7, 11) is 0. The Labute approximate surface area is 120 Å². The maximum absolute atomic E-state index is 11.1. The highest BCUT2D eigenvalue weighted by Gasteiger charge is 2.18. The van der Waals surface area contributed by atoms with Crippen molar-refractivity contribution >= 4 is 28.5 Å². The van der Waals surface area contributed by atoms with Gasteiger partial charge in [-0.1, -0.05) is 18.2 Å². The van der Waals surface area contributed by atoms with E-state index in [4.69, 9.17) is 11.5 Å². The zero-order valence-corrected chi connectivity index (χ0v) is 11.1. The Morgan fingerprint density at radius 1 is 1.19 bits per heavy atom. The van der Waals surface area contributed by atoms with Crippen molar-refractivity contribution in [3.05, 3.63) is 35.9 Å². The minimum atomic E-state index is -0.643. The molecule has 4 N–H and O–H groups in total. The molecule has 21 heavy (non-hydrogen) atoms. The van der Waals surface area contributed by atoms with Crippen LogP contribution < -0.4 is 16.4 Å². The lowest BCUT2D eigenvalue weighted by Crippen LogP contribution is -2.40. The minimum Gasteiger partial charge on any atom is -0.368 e. The van der Waals surface area contributed by atoms with Gasteiger partial charge in [0.15, 0.2) is 0 Å². The number of carbonyl (C=O) groups excluding carboxylic acids is 2. The number of nitrogens with two attached hydrogens (primary N) is 2. The minimum absolute atomic E-state index is 0.216. The summed E-state index contributed by atoms with van der Waals surface area (Å²) in [5, 5.41) is 10.0. The predicted molar refractivity (Wildman–Crippen MR) is 77.1 cm³/mol. The molecule has 1 heterocycles. The molecule has 7 nitrogen and oxygen atoms in total. The van der Waals surface area contributed by atoms with Crippen LogP contribution in [-0.2, 0) is 9.59 Å². The summed E-state index contributed by atoms with van der Waals surface area (Å²) in [6, 6.07) is 10.9. The highest BCUT2D eigenvalue weighted by atomic mass is 16.2. The number of para-hydroxylation sites is 1. The normalized spacial score (nSPS) is 10.0. The molecule has 0 aliphatic heterocycles. The average molecular weight is 283 g/mol. The van der Waals surface area contributed by atoms with Crippen LogP contribution in [0.15, 0.2) is 30.3 Å². The summed E-state index contributed by atoms with van der Waals surface area (Å²) in [5.41, 5.74) is 11.2. The molecule has 0 bridgehead atoms. The van der Waals surface area contributed by atoms with Crippen LogP contribution >= 0.6 is 0 Å². The first-order valence-corrected chi connectivity index (χ1v) is 6.12. The molecular weight excluding hydrogens is 270 g/mol. The summed E-state index contributed by atoms with van der Waals surface area (Å²) >= 11 is 0. The lowest BCUT2D eigenvalue weighted by Gasteiger charge is -2.21. The van der Waals surface area contributed by atoms with E-state index in [0.717, 1.165) is 5.39 Å². The molecule has 7 heteroatoms. The van der Waals surface area contributed by atoms with Crippen molar-refractivity contribution in [2.75, 3.05) is 18.0 Å². The number of nitriles is 1. The number of hydrogen-bond donors (Lipinski definition) is 2. The number of benzene rings is 1. The van der Waals surface area contributed by atoms with Crippen LogP contribution in [0.2, 0.25) is 0 Å². The van der Waals surface area contributed by atoms with Gasteiger partial charge in [-0.25, -0.2) is 4.98 Å². The van der Waals surface area contributed by atoms with Gasteiger partial charge < -0.3 is 16.4 Å². The Morgan fingerprint density at radius 2 is 1.81 bits per heavy atom. The van der Waals surface area contributed by atoms with Crippen molar-refractivity contribution in [2.24, 2.45) is 11.5 Å². The number of rotatable bonds is 5. The van der Waals surface area contributed by atoms with Crippen LogP contribution in [-0.4, -0.2) is 29.9 Å². The van der Waals surface area contributed by atoms with Gasteiger partial charge in [0.05, 0.1) is 24.2 Å². The Hall–Kier alpha value is -3.14. The largest absolute Gasteiger partial charge is 0.368 e. The third-order valence-electron chi connectivity index (χ3n) is 2.82. The summed E-state index contributed by atoms with van der Waals surface area (Å²) < 4.78 is 0. The van der Waals surface area contributed by atoms with Gasteiger partial charge in [-0.2, -0.15) is 5.26 Å². The van der Waals surface area contributed by atoms with E-state index in [2.05, 4.69) is 4.98 Å². The topological polar surface area (TPSA) is 126 Å². The number of carbonyl (C=O) groups is 2. The van der Waals surface area contributed by atoms with Crippen molar-refractivity contribution in [1.29, 1.82) is 5.26 Å². The summed E-state index contributed by atoms with van der Waals surface area (Å²) in [4.78, 5) is 27.9.